The van der Waals surface area contributed by atoms with Gasteiger partial charge in [0.2, 0.25) is 0 Å². The summed E-state index contributed by atoms with van der Waals surface area (Å²) in [6, 6.07) is 7.23. The number of anilines is 1. The van der Waals surface area contributed by atoms with Crippen LogP contribution in [0.1, 0.15) is 45.1 Å². The fourth-order valence-electron chi connectivity index (χ4n) is 2.86. The first-order valence-corrected chi connectivity index (χ1v) is 7.89. The van der Waals surface area contributed by atoms with E-state index in [1.54, 1.807) is 0 Å². The smallest absolute Gasteiger partial charge is 0.0471 e. The van der Waals surface area contributed by atoms with Crippen molar-refractivity contribution in [1.82, 2.24) is 5.32 Å². The Kier molecular flexibility index (Phi) is 5.53. The summed E-state index contributed by atoms with van der Waals surface area (Å²) in [6.45, 7) is 7.53. The third-order valence-corrected chi connectivity index (χ3v) is 4.31. The molecule has 1 heterocycles. The van der Waals surface area contributed by atoms with E-state index in [1.165, 1.54) is 37.1 Å². The summed E-state index contributed by atoms with van der Waals surface area (Å²) in [5.74, 6) is 0. The van der Waals surface area contributed by atoms with E-state index in [0.29, 0.717) is 6.04 Å². The SMILES string of the molecule is CCCNCc1ccc(N2CCCC2CC)cc1Cl. The summed E-state index contributed by atoms with van der Waals surface area (Å²) in [7, 11) is 0. The Morgan fingerprint density at radius 1 is 1.37 bits per heavy atom. The molecule has 1 aliphatic rings. The molecule has 0 aromatic heterocycles. The molecule has 2 nitrogen and oxygen atoms in total. The van der Waals surface area contributed by atoms with Crippen molar-refractivity contribution in [2.24, 2.45) is 0 Å². The number of benzene rings is 1. The van der Waals surface area contributed by atoms with Crippen molar-refractivity contribution in [1.29, 1.82) is 0 Å². The largest absolute Gasteiger partial charge is 0.369 e. The van der Waals surface area contributed by atoms with Gasteiger partial charge in [0.25, 0.3) is 0 Å². The number of halogens is 1. The summed E-state index contributed by atoms with van der Waals surface area (Å²) >= 11 is 6.41. The third-order valence-electron chi connectivity index (χ3n) is 3.96. The van der Waals surface area contributed by atoms with Gasteiger partial charge in [-0.1, -0.05) is 31.5 Å². The Morgan fingerprint density at radius 3 is 2.89 bits per heavy atom. The highest BCUT2D eigenvalue weighted by Crippen LogP contribution is 2.30. The molecule has 0 bridgehead atoms. The first-order valence-electron chi connectivity index (χ1n) is 7.52. The van der Waals surface area contributed by atoms with Crippen molar-refractivity contribution in [3.05, 3.63) is 28.8 Å². The van der Waals surface area contributed by atoms with Gasteiger partial charge in [-0.3, -0.25) is 0 Å². The van der Waals surface area contributed by atoms with Crippen molar-refractivity contribution < 1.29 is 0 Å². The summed E-state index contributed by atoms with van der Waals surface area (Å²) in [6.07, 6.45) is 4.99. The lowest BCUT2D eigenvalue weighted by atomic mass is 10.1. The van der Waals surface area contributed by atoms with Crippen molar-refractivity contribution in [2.45, 2.75) is 52.1 Å². The molecule has 19 heavy (non-hydrogen) atoms. The van der Waals surface area contributed by atoms with Crippen LogP contribution in [0.2, 0.25) is 5.02 Å². The Bertz CT molecular complexity index is 406. The molecule has 106 valence electrons. The number of rotatable bonds is 6. The van der Waals surface area contributed by atoms with Gasteiger partial charge in [0.15, 0.2) is 0 Å². The van der Waals surface area contributed by atoms with Gasteiger partial charge >= 0.3 is 0 Å². The number of hydrogen-bond acceptors (Lipinski definition) is 2. The maximum atomic E-state index is 6.41. The summed E-state index contributed by atoms with van der Waals surface area (Å²) in [4.78, 5) is 2.51. The molecular weight excluding hydrogens is 256 g/mol. The summed E-state index contributed by atoms with van der Waals surface area (Å²) in [5, 5.41) is 4.29. The average Bonchev–Trinajstić information content (AvgIpc) is 2.89. The first kappa shape index (κ1) is 14.7. The molecule has 1 unspecified atom stereocenters. The van der Waals surface area contributed by atoms with Crippen LogP contribution in [0.15, 0.2) is 18.2 Å². The van der Waals surface area contributed by atoms with Crippen LogP contribution in [0.25, 0.3) is 0 Å². The average molecular weight is 281 g/mol. The first-order chi connectivity index (χ1) is 9.26. The number of nitrogens with zero attached hydrogens (tertiary/aromatic N) is 1. The van der Waals surface area contributed by atoms with Crippen molar-refractivity contribution in [3.8, 4) is 0 Å². The monoisotopic (exact) mass is 280 g/mol. The van der Waals surface area contributed by atoms with Crippen LogP contribution in [0, 0.1) is 0 Å². The Labute approximate surface area is 122 Å². The fraction of sp³-hybridized carbons (Fsp3) is 0.625. The van der Waals surface area contributed by atoms with Gasteiger partial charge in [-0.2, -0.15) is 0 Å². The molecule has 0 amide bonds. The highest BCUT2D eigenvalue weighted by Gasteiger charge is 2.23. The quantitative estimate of drug-likeness (QED) is 0.785. The fourth-order valence-corrected chi connectivity index (χ4v) is 3.10. The predicted octanol–water partition coefficient (Wildman–Crippen LogP) is 4.22. The second-order valence-corrected chi connectivity index (χ2v) is 5.76. The second kappa shape index (κ2) is 7.16. The Morgan fingerprint density at radius 2 is 2.21 bits per heavy atom. The van der Waals surface area contributed by atoms with E-state index in [1.807, 2.05) is 0 Å². The molecule has 0 aliphatic carbocycles. The lowest BCUT2D eigenvalue weighted by Crippen LogP contribution is -2.28. The lowest BCUT2D eigenvalue weighted by molar-refractivity contribution is 0.645. The zero-order chi connectivity index (χ0) is 13.7. The van der Waals surface area contributed by atoms with Gasteiger partial charge < -0.3 is 10.2 Å². The topological polar surface area (TPSA) is 15.3 Å². The van der Waals surface area contributed by atoms with Crippen LogP contribution < -0.4 is 10.2 Å². The van der Waals surface area contributed by atoms with Gasteiger partial charge in [-0.15, -0.1) is 0 Å². The van der Waals surface area contributed by atoms with Gasteiger partial charge in [-0.05, 0) is 49.9 Å². The van der Waals surface area contributed by atoms with Gasteiger partial charge in [0.1, 0.15) is 0 Å². The zero-order valence-electron chi connectivity index (χ0n) is 12.1. The highest BCUT2D eigenvalue weighted by molar-refractivity contribution is 6.31. The van der Waals surface area contributed by atoms with Crippen LogP contribution in [0.3, 0.4) is 0 Å². The molecule has 3 heteroatoms. The number of hydrogen-bond donors (Lipinski definition) is 1. The van der Waals surface area contributed by atoms with E-state index in [4.69, 9.17) is 11.6 Å². The van der Waals surface area contributed by atoms with Crippen LogP contribution in [0.4, 0.5) is 5.69 Å². The summed E-state index contributed by atoms with van der Waals surface area (Å²) in [5.41, 5.74) is 2.49. The minimum Gasteiger partial charge on any atom is -0.369 e. The van der Waals surface area contributed by atoms with E-state index >= 15 is 0 Å². The van der Waals surface area contributed by atoms with E-state index in [2.05, 4.69) is 42.3 Å². The minimum atomic E-state index is 0.695. The van der Waals surface area contributed by atoms with E-state index in [-0.39, 0.29) is 0 Å². The molecule has 1 aliphatic heterocycles. The molecule has 0 radical (unpaired) electrons. The zero-order valence-corrected chi connectivity index (χ0v) is 12.8. The van der Waals surface area contributed by atoms with E-state index in [9.17, 15) is 0 Å². The number of nitrogens with one attached hydrogen (secondary N) is 1. The molecule has 0 spiro atoms. The standard InChI is InChI=1S/C16H25ClN2/c1-3-9-18-12-13-7-8-15(11-16(13)17)19-10-5-6-14(19)4-2/h7-8,11,14,18H,3-6,9-10,12H2,1-2H3. The minimum absolute atomic E-state index is 0.695. The van der Waals surface area contributed by atoms with E-state index < -0.39 is 0 Å². The molecule has 1 atom stereocenters. The van der Waals surface area contributed by atoms with Gasteiger partial charge in [0.05, 0.1) is 0 Å². The van der Waals surface area contributed by atoms with Gasteiger partial charge in [-0.25, -0.2) is 0 Å². The second-order valence-electron chi connectivity index (χ2n) is 5.35. The molecular formula is C16H25ClN2. The molecule has 1 N–H and O–H groups in total. The van der Waals surface area contributed by atoms with E-state index in [0.717, 1.165) is 24.5 Å². The molecule has 2 rings (SSSR count). The van der Waals surface area contributed by atoms with Crippen LogP contribution >= 0.6 is 11.6 Å². The molecule has 1 aromatic rings. The molecule has 0 saturated carbocycles. The van der Waals surface area contributed by atoms with Gasteiger partial charge in [0, 0.05) is 29.8 Å². The Balaban J connectivity index is 2.05. The van der Waals surface area contributed by atoms with Crippen molar-refractivity contribution in [3.63, 3.8) is 0 Å². The predicted molar refractivity (Wildman–Crippen MR) is 84.1 cm³/mol. The van der Waals surface area contributed by atoms with Crippen LogP contribution in [0.5, 0.6) is 0 Å². The molecule has 1 fully saturated rings. The highest BCUT2D eigenvalue weighted by atomic mass is 35.5. The normalized spacial score (nSPS) is 19.1. The molecule has 1 aromatic carbocycles. The van der Waals surface area contributed by atoms with Crippen molar-refractivity contribution in [2.75, 3.05) is 18.0 Å². The maximum Gasteiger partial charge on any atom is 0.0471 e. The third kappa shape index (κ3) is 3.64. The van der Waals surface area contributed by atoms with Crippen LogP contribution in [-0.2, 0) is 6.54 Å². The molecule has 1 saturated heterocycles. The summed E-state index contributed by atoms with van der Waals surface area (Å²) < 4.78 is 0. The maximum absolute atomic E-state index is 6.41. The Hall–Kier alpha value is -0.730. The van der Waals surface area contributed by atoms with Crippen LogP contribution in [-0.4, -0.2) is 19.1 Å². The van der Waals surface area contributed by atoms with Crippen molar-refractivity contribution >= 4 is 17.3 Å². The lowest BCUT2D eigenvalue weighted by Gasteiger charge is -2.26.